The molecule has 0 aliphatic carbocycles. The molecule has 0 bridgehead atoms. The highest BCUT2D eigenvalue weighted by molar-refractivity contribution is 6.31. The standard InChI is InChI=1S/C19H16N2O5/c1-25-16-10-13(9-14-17(22)20-19(24)21-18(14)23)7-8-15(16)26-11-12-5-3-2-4-6-12/h2-10H,11H2,1H3,(H2,20,21,22,23,24). The van der Waals surface area contributed by atoms with Crippen LogP contribution in [-0.2, 0) is 16.2 Å². The zero-order chi connectivity index (χ0) is 18.5. The number of methoxy groups -OCH3 is 1. The van der Waals surface area contributed by atoms with E-state index >= 15 is 0 Å². The Morgan fingerprint density at radius 2 is 1.62 bits per heavy atom. The predicted molar refractivity (Wildman–Crippen MR) is 93.4 cm³/mol. The van der Waals surface area contributed by atoms with Crippen LogP contribution in [0, 0.1) is 0 Å². The third kappa shape index (κ3) is 3.89. The third-order valence-electron chi connectivity index (χ3n) is 3.68. The van der Waals surface area contributed by atoms with Gasteiger partial charge in [-0.25, -0.2) is 4.79 Å². The number of benzene rings is 2. The molecule has 26 heavy (non-hydrogen) atoms. The number of hydrogen-bond acceptors (Lipinski definition) is 5. The van der Waals surface area contributed by atoms with Gasteiger partial charge in [-0.1, -0.05) is 36.4 Å². The smallest absolute Gasteiger partial charge is 0.328 e. The molecule has 2 aromatic carbocycles. The summed E-state index contributed by atoms with van der Waals surface area (Å²) in [6, 6.07) is 13.9. The summed E-state index contributed by atoms with van der Waals surface area (Å²) in [4.78, 5) is 34.7. The van der Waals surface area contributed by atoms with Crippen molar-refractivity contribution in [1.29, 1.82) is 0 Å². The zero-order valence-electron chi connectivity index (χ0n) is 13.9. The molecule has 1 saturated heterocycles. The van der Waals surface area contributed by atoms with Crippen molar-refractivity contribution in [2.45, 2.75) is 6.61 Å². The van der Waals surface area contributed by atoms with Crippen molar-refractivity contribution in [2.75, 3.05) is 7.11 Å². The second-order valence-corrected chi connectivity index (χ2v) is 5.48. The SMILES string of the molecule is COc1cc(C=C2C(=O)NC(=O)NC2=O)ccc1OCc1ccccc1. The van der Waals surface area contributed by atoms with E-state index in [1.54, 1.807) is 18.2 Å². The van der Waals surface area contributed by atoms with E-state index in [0.717, 1.165) is 5.56 Å². The number of barbiturate groups is 1. The van der Waals surface area contributed by atoms with Gasteiger partial charge in [0.1, 0.15) is 12.2 Å². The summed E-state index contributed by atoms with van der Waals surface area (Å²) in [6.07, 6.45) is 1.38. The Labute approximate surface area is 149 Å². The van der Waals surface area contributed by atoms with Gasteiger partial charge < -0.3 is 9.47 Å². The molecule has 2 N–H and O–H groups in total. The van der Waals surface area contributed by atoms with Gasteiger partial charge in [0.05, 0.1) is 7.11 Å². The van der Waals surface area contributed by atoms with Crippen LogP contribution in [0.4, 0.5) is 4.79 Å². The van der Waals surface area contributed by atoms with Crippen LogP contribution in [0.25, 0.3) is 6.08 Å². The summed E-state index contributed by atoms with van der Waals surface area (Å²) in [5, 5.41) is 4.05. The fourth-order valence-corrected chi connectivity index (χ4v) is 2.40. The lowest BCUT2D eigenvalue weighted by Gasteiger charge is -2.14. The molecular weight excluding hydrogens is 336 g/mol. The summed E-state index contributed by atoms with van der Waals surface area (Å²) in [6.45, 7) is 0.380. The highest BCUT2D eigenvalue weighted by Gasteiger charge is 2.27. The van der Waals surface area contributed by atoms with Crippen LogP contribution in [0.2, 0.25) is 0 Å². The van der Waals surface area contributed by atoms with Gasteiger partial charge in [-0.05, 0) is 29.3 Å². The first-order chi connectivity index (χ1) is 12.6. The average molecular weight is 352 g/mol. The summed E-state index contributed by atoms with van der Waals surface area (Å²) < 4.78 is 11.1. The zero-order valence-corrected chi connectivity index (χ0v) is 13.9. The van der Waals surface area contributed by atoms with Crippen molar-refractivity contribution in [3.8, 4) is 11.5 Å². The fourth-order valence-electron chi connectivity index (χ4n) is 2.40. The van der Waals surface area contributed by atoms with E-state index in [2.05, 4.69) is 0 Å². The molecule has 3 rings (SSSR count). The van der Waals surface area contributed by atoms with Crippen LogP contribution in [0.5, 0.6) is 11.5 Å². The Morgan fingerprint density at radius 3 is 2.27 bits per heavy atom. The summed E-state index contributed by atoms with van der Waals surface area (Å²) >= 11 is 0. The van der Waals surface area contributed by atoms with Gasteiger partial charge in [-0.3, -0.25) is 20.2 Å². The Kier molecular flexibility index (Phi) is 4.98. The Bertz CT molecular complexity index is 868. The second-order valence-electron chi connectivity index (χ2n) is 5.48. The number of carbonyl (C=O) groups excluding carboxylic acids is 3. The Balaban J connectivity index is 1.80. The molecule has 7 heteroatoms. The molecule has 0 saturated carbocycles. The average Bonchev–Trinajstić information content (AvgIpc) is 2.64. The topological polar surface area (TPSA) is 93.7 Å². The summed E-state index contributed by atoms with van der Waals surface area (Å²) in [7, 11) is 1.50. The van der Waals surface area contributed by atoms with Crippen molar-refractivity contribution >= 4 is 23.9 Å². The predicted octanol–water partition coefficient (Wildman–Crippen LogP) is 2.02. The van der Waals surface area contributed by atoms with Crippen molar-refractivity contribution in [3.63, 3.8) is 0 Å². The molecule has 2 aromatic rings. The number of amides is 4. The number of urea groups is 1. The maximum atomic E-state index is 11.8. The van der Waals surface area contributed by atoms with Crippen LogP contribution < -0.4 is 20.1 Å². The van der Waals surface area contributed by atoms with Crippen molar-refractivity contribution in [2.24, 2.45) is 0 Å². The lowest BCUT2D eigenvalue weighted by atomic mass is 10.1. The minimum absolute atomic E-state index is 0.162. The minimum Gasteiger partial charge on any atom is -0.493 e. The van der Waals surface area contributed by atoms with E-state index in [0.29, 0.717) is 23.7 Å². The van der Waals surface area contributed by atoms with Crippen LogP contribution in [-0.4, -0.2) is 25.0 Å². The quantitative estimate of drug-likeness (QED) is 0.634. The van der Waals surface area contributed by atoms with Gasteiger partial charge in [0.25, 0.3) is 11.8 Å². The molecule has 132 valence electrons. The van der Waals surface area contributed by atoms with Crippen molar-refractivity contribution < 1.29 is 23.9 Å². The molecule has 0 atom stereocenters. The number of nitrogens with one attached hydrogen (secondary N) is 2. The summed E-state index contributed by atoms with van der Waals surface area (Å²) in [5.41, 5.74) is 1.41. The van der Waals surface area contributed by atoms with Gasteiger partial charge in [0.15, 0.2) is 11.5 Å². The van der Waals surface area contributed by atoms with E-state index in [4.69, 9.17) is 9.47 Å². The molecule has 4 amide bonds. The lowest BCUT2D eigenvalue weighted by molar-refractivity contribution is -0.123. The summed E-state index contributed by atoms with van der Waals surface area (Å²) in [5.74, 6) is -0.501. The van der Waals surface area contributed by atoms with Gasteiger partial charge in [-0.2, -0.15) is 0 Å². The molecule has 1 heterocycles. The van der Waals surface area contributed by atoms with Crippen molar-refractivity contribution in [1.82, 2.24) is 10.6 Å². The van der Waals surface area contributed by atoms with E-state index in [1.807, 2.05) is 41.0 Å². The monoisotopic (exact) mass is 352 g/mol. The molecule has 1 fully saturated rings. The lowest BCUT2D eigenvalue weighted by Crippen LogP contribution is -2.51. The van der Waals surface area contributed by atoms with E-state index in [1.165, 1.54) is 13.2 Å². The van der Waals surface area contributed by atoms with Crippen LogP contribution >= 0.6 is 0 Å². The first-order valence-electron chi connectivity index (χ1n) is 7.80. The molecule has 1 aliphatic rings. The molecule has 0 radical (unpaired) electrons. The maximum absolute atomic E-state index is 11.8. The minimum atomic E-state index is -0.834. The van der Waals surface area contributed by atoms with Crippen LogP contribution in [0.1, 0.15) is 11.1 Å². The highest BCUT2D eigenvalue weighted by atomic mass is 16.5. The normalized spacial score (nSPS) is 13.7. The van der Waals surface area contributed by atoms with E-state index in [9.17, 15) is 14.4 Å². The molecule has 0 unspecified atom stereocenters. The third-order valence-corrected chi connectivity index (χ3v) is 3.68. The van der Waals surface area contributed by atoms with E-state index in [-0.39, 0.29) is 5.57 Å². The molecule has 1 aliphatic heterocycles. The number of ether oxygens (including phenoxy) is 2. The molecular formula is C19H16N2O5. The second kappa shape index (κ2) is 7.52. The molecule has 0 aromatic heterocycles. The highest BCUT2D eigenvalue weighted by Crippen LogP contribution is 2.29. The van der Waals surface area contributed by atoms with E-state index < -0.39 is 17.8 Å². The maximum Gasteiger partial charge on any atom is 0.328 e. The largest absolute Gasteiger partial charge is 0.493 e. The first-order valence-corrected chi connectivity index (χ1v) is 7.80. The number of rotatable bonds is 5. The van der Waals surface area contributed by atoms with Gasteiger partial charge in [0.2, 0.25) is 0 Å². The Morgan fingerprint density at radius 1 is 0.923 bits per heavy atom. The molecule has 7 nitrogen and oxygen atoms in total. The number of imide groups is 2. The fraction of sp³-hybridized carbons (Fsp3) is 0.105. The first kappa shape index (κ1) is 17.2. The molecule has 0 spiro atoms. The van der Waals surface area contributed by atoms with Crippen LogP contribution in [0.15, 0.2) is 54.1 Å². The van der Waals surface area contributed by atoms with Crippen LogP contribution in [0.3, 0.4) is 0 Å². The van der Waals surface area contributed by atoms with Gasteiger partial charge in [0, 0.05) is 0 Å². The Hall–Kier alpha value is -3.61. The van der Waals surface area contributed by atoms with Gasteiger partial charge in [-0.15, -0.1) is 0 Å². The number of hydrogen-bond donors (Lipinski definition) is 2. The van der Waals surface area contributed by atoms with Crippen molar-refractivity contribution in [3.05, 3.63) is 65.2 Å². The van der Waals surface area contributed by atoms with Gasteiger partial charge >= 0.3 is 6.03 Å². The number of carbonyl (C=O) groups is 3.